The van der Waals surface area contributed by atoms with Crippen LogP contribution in [-0.2, 0) is 14.3 Å². The van der Waals surface area contributed by atoms with Crippen molar-refractivity contribution in [2.45, 2.75) is 44.4 Å². The van der Waals surface area contributed by atoms with Gasteiger partial charge in [-0.25, -0.2) is 0 Å². The molecule has 3 heterocycles. The Morgan fingerprint density at radius 3 is 2.88 bits per heavy atom. The van der Waals surface area contributed by atoms with Crippen LogP contribution in [0.3, 0.4) is 0 Å². The second-order valence-electron chi connectivity index (χ2n) is 8.59. The summed E-state index contributed by atoms with van der Waals surface area (Å²) in [5.74, 6) is -0.511. The molecule has 34 heavy (non-hydrogen) atoms. The lowest BCUT2D eigenvalue weighted by Gasteiger charge is -2.24. The van der Waals surface area contributed by atoms with Crippen LogP contribution >= 0.6 is 0 Å². The fourth-order valence-electron chi connectivity index (χ4n) is 4.77. The van der Waals surface area contributed by atoms with Gasteiger partial charge in [0.15, 0.2) is 0 Å². The van der Waals surface area contributed by atoms with Gasteiger partial charge in [-0.15, -0.1) is 0 Å². The molecule has 3 N–H and O–H groups in total. The van der Waals surface area contributed by atoms with Crippen molar-refractivity contribution in [3.8, 4) is 11.8 Å². The number of H-pyrrole nitrogens is 1. The molecule has 2 unspecified atom stereocenters. The lowest BCUT2D eigenvalue weighted by Crippen LogP contribution is -2.49. The normalized spacial score (nSPS) is 22.9. The number of rotatable bonds is 8. The van der Waals surface area contributed by atoms with Gasteiger partial charge in [0.1, 0.15) is 23.5 Å². The van der Waals surface area contributed by atoms with Gasteiger partial charge in [-0.1, -0.05) is 6.07 Å². The SMILES string of the molecule is CCOC1CC(C(=O)N[C@H](C#N)C[C@@H]2CCNC2=O)N(C(=O)c2cc3c(OC)cccc3[nH]2)C1. The third kappa shape index (κ3) is 4.70. The Balaban J connectivity index is 1.53. The first-order chi connectivity index (χ1) is 16.4. The summed E-state index contributed by atoms with van der Waals surface area (Å²) in [5.41, 5.74) is 1.09. The number of amides is 3. The van der Waals surface area contributed by atoms with Gasteiger partial charge in [0.2, 0.25) is 11.8 Å². The number of benzene rings is 1. The average molecular weight is 468 g/mol. The fraction of sp³-hybridized carbons (Fsp3) is 0.500. The number of hydrogen-bond donors (Lipinski definition) is 3. The van der Waals surface area contributed by atoms with Gasteiger partial charge < -0.3 is 30.0 Å². The second kappa shape index (κ2) is 10.1. The van der Waals surface area contributed by atoms with E-state index in [4.69, 9.17) is 9.47 Å². The summed E-state index contributed by atoms with van der Waals surface area (Å²) in [5, 5.41) is 15.8. The Labute approximate surface area is 197 Å². The standard InChI is InChI=1S/C24H29N5O5/c1-3-34-16-10-20(23(31)27-15(12-25)9-14-7-8-26-22(14)30)29(13-16)24(32)19-11-17-18(28-19)5-4-6-21(17)33-2/h4-6,11,14-16,20,28H,3,7-10,13H2,1-2H3,(H,26,30)(H,27,31)/t14-,15-,16?,20?/m0/s1. The molecular weight excluding hydrogens is 438 g/mol. The molecule has 0 spiro atoms. The van der Waals surface area contributed by atoms with Crippen molar-refractivity contribution in [2.24, 2.45) is 5.92 Å². The molecule has 10 heteroatoms. The number of carbonyl (C=O) groups excluding carboxylic acids is 3. The van der Waals surface area contributed by atoms with Gasteiger partial charge in [-0.3, -0.25) is 14.4 Å². The summed E-state index contributed by atoms with van der Waals surface area (Å²) in [6.45, 7) is 3.16. The quantitative estimate of drug-likeness (QED) is 0.536. The number of ether oxygens (including phenoxy) is 2. The molecular formula is C24H29N5O5. The maximum atomic E-state index is 13.5. The average Bonchev–Trinajstić information content (AvgIpc) is 3.56. The summed E-state index contributed by atoms with van der Waals surface area (Å²) in [6, 6.07) is 7.69. The lowest BCUT2D eigenvalue weighted by atomic mass is 9.99. The topological polar surface area (TPSA) is 137 Å². The van der Waals surface area contributed by atoms with Crippen molar-refractivity contribution in [3.63, 3.8) is 0 Å². The van der Waals surface area contributed by atoms with E-state index in [1.165, 1.54) is 4.90 Å². The van der Waals surface area contributed by atoms with E-state index >= 15 is 0 Å². The van der Waals surface area contributed by atoms with Crippen molar-refractivity contribution < 1.29 is 23.9 Å². The predicted octanol–water partition coefficient (Wildman–Crippen LogP) is 1.33. The molecule has 10 nitrogen and oxygen atoms in total. The number of hydrogen-bond acceptors (Lipinski definition) is 6. The van der Waals surface area contributed by atoms with Gasteiger partial charge in [-0.05, 0) is 38.0 Å². The predicted molar refractivity (Wildman–Crippen MR) is 123 cm³/mol. The molecule has 1 aromatic carbocycles. The first kappa shape index (κ1) is 23.6. The summed E-state index contributed by atoms with van der Waals surface area (Å²) in [7, 11) is 1.57. The van der Waals surface area contributed by atoms with Gasteiger partial charge in [0.05, 0.1) is 19.3 Å². The van der Waals surface area contributed by atoms with Gasteiger partial charge in [-0.2, -0.15) is 5.26 Å². The molecule has 4 atom stereocenters. The Kier molecular flexibility index (Phi) is 7.03. The van der Waals surface area contributed by atoms with Crippen LogP contribution < -0.4 is 15.4 Å². The third-order valence-electron chi connectivity index (χ3n) is 6.46. The number of nitriles is 1. The molecule has 2 aliphatic heterocycles. The van der Waals surface area contributed by atoms with Gasteiger partial charge in [0.25, 0.3) is 5.91 Å². The van der Waals surface area contributed by atoms with E-state index in [2.05, 4.69) is 21.7 Å². The van der Waals surface area contributed by atoms with E-state index in [0.29, 0.717) is 37.4 Å². The van der Waals surface area contributed by atoms with E-state index < -0.39 is 18.0 Å². The molecule has 2 aliphatic rings. The molecule has 4 rings (SSSR count). The van der Waals surface area contributed by atoms with Gasteiger partial charge >= 0.3 is 0 Å². The van der Waals surface area contributed by atoms with Crippen LogP contribution in [0.4, 0.5) is 0 Å². The highest BCUT2D eigenvalue weighted by Crippen LogP contribution is 2.29. The van der Waals surface area contributed by atoms with Crippen molar-refractivity contribution in [2.75, 3.05) is 26.8 Å². The minimum atomic E-state index is -0.818. The van der Waals surface area contributed by atoms with E-state index in [0.717, 1.165) is 10.9 Å². The number of nitrogens with zero attached hydrogens (tertiary/aromatic N) is 2. The fourth-order valence-corrected chi connectivity index (χ4v) is 4.77. The molecule has 3 amide bonds. The van der Waals surface area contributed by atoms with Crippen LogP contribution in [0.5, 0.6) is 5.75 Å². The Morgan fingerprint density at radius 2 is 2.21 bits per heavy atom. The summed E-state index contributed by atoms with van der Waals surface area (Å²) >= 11 is 0. The third-order valence-corrected chi connectivity index (χ3v) is 6.46. The Morgan fingerprint density at radius 1 is 1.38 bits per heavy atom. The van der Waals surface area contributed by atoms with Crippen LogP contribution in [0.15, 0.2) is 24.3 Å². The van der Waals surface area contributed by atoms with Crippen molar-refractivity contribution in [1.29, 1.82) is 5.26 Å². The summed E-state index contributed by atoms with van der Waals surface area (Å²) in [6.07, 6.45) is 0.921. The van der Waals surface area contributed by atoms with Gasteiger partial charge in [0, 0.05) is 42.9 Å². The number of carbonyl (C=O) groups is 3. The molecule has 0 saturated carbocycles. The number of aromatic nitrogens is 1. The van der Waals surface area contributed by atoms with E-state index in [-0.39, 0.29) is 36.8 Å². The van der Waals surface area contributed by atoms with Crippen molar-refractivity contribution in [3.05, 3.63) is 30.0 Å². The second-order valence-corrected chi connectivity index (χ2v) is 8.59. The van der Waals surface area contributed by atoms with E-state index in [1.54, 1.807) is 13.2 Å². The monoisotopic (exact) mass is 467 g/mol. The Bertz CT molecular complexity index is 1120. The van der Waals surface area contributed by atoms with Crippen molar-refractivity contribution >= 4 is 28.6 Å². The number of likely N-dealkylation sites (tertiary alicyclic amines) is 1. The van der Waals surface area contributed by atoms with Crippen LogP contribution in [0.25, 0.3) is 10.9 Å². The molecule has 0 aliphatic carbocycles. The largest absolute Gasteiger partial charge is 0.496 e. The number of methoxy groups -OCH3 is 1. The summed E-state index contributed by atoms with van der Waals surface area (Å²) in [4.78, 5) is 43.1. The highest BCUT2D eigenvalue weighted by atomic mass is 16.5. The number of nitrogens with one attached hydrogen (secondary N) is 3. The molecule has 0 radical (unpaired) electrons. The van der Waals surface area contributed by atoms with Crippen LogP contribution in [0.2, 0.25) is 0 Å². The zero-order chi connectivity index (χ0) is 24.2. The number of aromatic amines is 1. The molecule has 2 fully saturated rings. The zero-order valence-corrected chi connectivity index (χ0v) is 19.3. The number of fused-ring (bicyclic) bond motifs is 1. The van der Waals surface area contributed by atoms with E-state index in [1.807, 2.05) is 25.1 Å². The highest BCUT2D eigenvalue weighted by Gasteiger charge is 2.41. The molecule has 180 valence electrons. The Hall–Kier alpha value is -3.58. The lowest BCUT2D eigenvalue weighted by molar-refractivity contribution is -0.126. The van der Waals surface area contributed by atoms with Crippen LogP contribution in [0, 0.1) is 17.2 Å². The first-order valence-corrected chi connectivity index (χ1v) is 11.5. The molecule has 1 aromatic heterocycles. The minimum absolute atomic E-state index is 0.0992. The van der Waals surface area contributed by atoms with Crippen molar-refractivity contribution in [1.82, 2.24) is 20.5 Å². The summed E-state index contributed by atoms with van der Waals surface area (Å²) < 4.78 is 11.1. The smallest absolute Gasteiger partial charge is 0.271 e. The van der Waals surface area contributed by atoms with Crippen LogP contribution in [0.1, 0.15) is 36.7 Å². The molecule has 2 aromatic rings. The molecule has 2 saturated heterocycles. The highest BCUT2D eigenvalue weighted by molar-refractivity contribution is 6.01. The maximum Gasteiger partial charge on any atom is 0.271 e. The van der Waals surface area contributed by atoms with E-state index in [9.17, 15) is 19.6 Å². The maximum absolute atomic E-state index is 13.5. The zero-order valence-electron chi connectivity index (χ0n) is 19.3. The first-order valence-electron chi connectivity index (χ1n) is 11.5. The molecule has 0 bridgehead atoms. The van der Waals surface area contributed by atoms with Crippen LogP contribution in [-0.4, -0.2) is 72.6 Å². The minimum Gasteiger partial charge on any atom is -0.496 e.